The van der Waals surface area contributed by atoms with Gasteiger partial charge in [-0.3, -0.25) is 4.79 Å². The van der Waals surface area contributed by atoms with Crippen LogP contribution in [0.1, 0.15) is 43.7 Å². The van der Waals surface area contributed by atoms with Gasteiger partial charge in [0.2, 0.25) is 0 Å². The number of carbonyl (C=O) groups excluding carboxylic acids is 2. The van der Waals surface area contributed by atoms with E-state index in [9.17, 15) is 9.59 Å². The van der Waals surface area contributed by atoms with E-state index in [1.165, 1.54) is 6.08 Å². The van der Waals surface area contributed by atoms with E-state index in [2.05, 4.69) is 5.32 Å². The summed E-state index contributed by atoms with van der Waals surface area (Å²) in [6, 6.07) is 9.04. The van der Waals surface area contributed by atoms with E-state index in [1.54, 1.807) is 37.3 Å². The summed E-state index contributed by atoms with van der Waals surface area (Å²) in [5, 5.41) is 11.6. The van der Waals surface area contributed by atoms with Crippen LogP contribution >= 0.6 is 0 Å². The Bertz CT molecular complexity index is 623. The number of esters is 1. The molecular formula is C18H20N2O3. The lowest BCUT2D eigenvalue weighted by Crippen LogP contribution is -2.40. The third-order valence-electron chi connectivity index (χ3n) is 3.82. The van der Waals surface area contributed by atoms with Gasteiger partial charge in [-0.05, 0) is 43.5 Å². The molecule has 1 fully saturated rings. The number of hydrogen-bond donors (Lipinski definition) is 1. The predicted molar refractivity (Wildman–Crippen MR) is 86.1 cm³/mol. The summed E-state index contributed by atoms with van der Waals surface area (Å²) in [5.41, 5.74) is 1.34. The summed E-state index contributed by atoms with van der Waals surface area (Å²) in [4.78, 5) is 23.7. The summed E-state index contributed by atoms with van der Waals surface area (Å²) in [7, 11) is 0. The van der Waals surface area contributed by atoms with Crippen molar-refractivity contribution in [3.63, 3.8) is 0 Å². The van der Waals surface area contributed by atoms with Crippen LogP contribution in [-0.4, -0.2) is 24.0 Å². The molecule has 23 heavy (non-hydrogen) atoms. The number of nitrogens with zero attached hydrogens (tertiary/aromatic N) is 1. The summed E-state index contributed by atoms with van der Waals surface area (Å²) >= 11 is 0. The average molecular weight is 312 g/mol. The molecular weight excluding hydrogens is 292 g/mol. The molecule has 5 nitrogen and oxygen atoms in total. The molecule has 1 N–H and O–H groups in total. The molecule has 0 spiro atoms. The highest BCUT2D eigenvalue weighted by molar-refractivity contribution is 5.90. The van der Waals surface area contributed by atoms with Gasteiger partial charge in [0, 0.05) is 12.1 Å². The van der Waals surface area contributed by atoms with Crippen LogP contribution in [0.3, 0.4) is 0 Å². The van der Waals surface area contributed by atoms with Crippen molar-refractivity contribution in [3.05, 3.63) is 41.5 Å². The van der Waals surface area contributed by atoms with Gasteiger partial charge in [-0.2, -0.15) is 5.26 Å². The summed E-state index contributed by atoms with van der Waals surface area (Å²) in [6.45, 7) is 1.57. The van der Waals surface area contributed by atoms with Crippen LogP contribution in [-0.2, 0) is 14.3 Å². The zero-order valence-electron chi connectivity index (χ0n) is 13.1. The topological polar surface area (TPSA) is 79.2 Å². The minimum Gasteiger partial charge on any atom is -0.449 e. The van der Waals surface area contributed by atoms with Gasteiger partial charge < -0.3 is 10.1 Å². The van der Waals surface area contributed by atoms with Gasteiger partial charge in [-0.25, -0.2) is 4.79 Å². The van der Waals surface area contributed by atoms with Crippen molar-refractivity contribution in [1.29, 1.82) is 5.26 Å². The van der Waals surface area contributed by atoms with Crippen LogP contribution in [0.2, 0.25) is 0 Å². The third-order valence-corrected chi connectivity index (χ3v) is 3.82. The van der Waals surface area contributed by atoms with Gasteiger partial charge in [-0.1, -0.05) is 25.0 Å². The number of carbonyl (C=O) groups is 2. The summed E-state index contributed by atoms with van der Waals surface area (Å²) in [5.74, 6) is -0.819. The molecule has 1 aliphatic carbocycles. The largest absolute Gasteiger partial charge is 0.449 e. The zero-order valence-corrected chi connectivity index (χ0v) is 13.1. The van der Waals surface area contributed by atoms with Crippen LogP contribution in [0.5, 0.6) is 0 Å². The predicted octanol–water partition coefficient (Wildman–Crippen LogP) is 2.56. The van der Waals surface area contributed by atoms with Gasteiger partial charge in [0.25, 0.3) is 5.91 Å². The fraction of sp³-hybridized carbons (Fsp3) is 0.389. The highest BCUT2D eigenvalue weighted by Crippen LogP contribution is 2.17. The van der Waals surface area contributed by atoms with Crippen molar-refractivity contribution in [2.45, 2.75) is 44.8 Å². The van der Waals surface area contributed by atoms with Crippen molar-refractivity contribution in [2.75, 3.05) is 0 Å². The second kappa shape index (κ2) is 8.14. The van der Waals surface area contributed by atoms with E-state index in [0.717, 1.165) is 31.2 Å². The van der Waals surface area contributed by atoms with Gasteiger partial charge in [-0.15, -0.1) is 0 Å². The maximum atomic E-state index is 11.9. The molecule has 1 amide bonds. The number of amides is 1. The fourth-order valence-corrected chi connectivity index (χ4v) is 2.49. The van der Waals surface area contributed by atoms with Gasteiger partial charge in [0.15, 0.2) is 6.10 Å². The molecule has 1 saturated carbocycles. The molecule has 0 aromatic heterocycles. The average Bonchev–Trinajstić information content (AvgIpc) is 3.06. The second-order valence-corrected chi connectivity index (χ2v) is 5.64. The Balaban J connectivity index is 1.81. The third kappa shape index (κ3) is 5.26. The van der Waals surface area contributed by atoms with Crippen molar-refractivity contribution in [1.82, 2.24) is 5.32 Å². The molecule has 0 heterocycles. The first-order valence-electron chi connectivity index (χ1n) is 7.77. The van der Waals surface area contributed by atoms with E-state index in [0.29, 0.717) is 5.56 Å². The lowest BCUT2D eigenvalue weighted by atomic mass is 10.1. The number of nitriles is 1. The smallest absolute Gasteiger partial charge is 0.331 e. The lowest BCUT2D eigenvalue weighted by molar-refractivity contribution is -0.150. The highest BCUT2D eigenvalue weighted by Gasteiger charge is 2.22. The molecule has 0 saturated heterocycles. The molecule has 1 aliphatic rings. The Hall–Kier alpha value is -2.61. The fourth-order valence-electron chi connectivity index (χ4n) is 2.49. The second-order valence-electron chi connectivity index (χ2n) is 5.64. The number of hydrogen-bond acceptors (Lipinski definition) is 4. The van der Waals surface area contributed by atoms with E-state index >= 15 is 0 Å². The minimum atomic E-state index is -0.811. The van der Waals surface area contributed by atoms with Crippen LogP contribution in [0.25, 0.3) is 6.08 Å². The Morgan fingerprint density at radius 2 is 1.96 bits per heavy atom. The Morgan fingerprint density at radius 3 is 2.57 bits per heavy atom. The zero-order chi connectivity index (χ0) is 16.7. The molecule has 0 unspecified atom stereocenters. The van der Waals surface area contributed by atoms with E-state index in [4.69, 9.17) is 10.00 Å². The lowest BCUT2D eigenvalue weighted by Gasteiger charge is -2.16. The van der Waals surface area contributed by atoms with Crippen molar-refractivity contribution in [2.24, 2.45) is 0 Å². The molecule has 1 atom stereocenters. The summed E-state index contributed by atoms with van der Waals surface area (Å²) < 4.78 is 5.10. The number of ether oxygens (including phenoxy) is 1. The van der Waals surface area contributed by atoms with Crippen molar-refractivity contribution in [3.8, 4) is 6.07 Å². The highest BCUT2D eigenvalue weighted by atomic mass is 16.5. The minimum absolute atomic E-state index is 0.206. The maximum absolute atomic E-state index is 11.9. The van der Waals surface area contributed by atoms with Crippen LogP contribution in [0.15, 0.2) is 30.3 Å². The molecule has 0 radical (unpaired) electrons. The Morgan fingerprint density at radius 1 is 1.30 bits per heavy atom. The van der Waals surface area contributed by atoms with Gasteiger partial charge in [0.05, 0.1) is 11.6 Å². The van der Waals surface area contributed by atoms with Gasteiger partial charge in [0.1, 0.15) is 0 Å². The van der Waals surface area contributed by atoms with E-state index in [1.807, 2.05) is 6.07 Å². The first kappa shape index (κ1) is 16.8. The molecule has 120 valence electrons. The number of benzene rings is 1. The summed E-state index contributed by atoms with van der Waals surface area (Å²) in [6.07, 6.45) is 6.30. The van der Waals surface area contributed by atoms with Gasteiger partial charge >= 0.3 is 5.97 Å². The number of rotatable bonds is 5. The van der Waals surface area contributed by atoms with Crippen molar-refractivity contribution < 1.29 is 14.3 Å². The normalized spacial score (nSPS) is 16.0. The monoisotopic (exact) mass is 312 g/mol. The van der Waals surface area contributed by atoms with E-state index in [-0.39, 0.29) is 11.9 Å². The van der Waals surface area contributed by atoms with Crippen LogP contribution < -0.4 is 5.32 Å². The van der Waals surface area contributed by atoms with Crippen LogP contribution in [0, 0.1) is 11.3 Å². The van der Waals surface area contributed by atoms with E-state index < -0.39 is 12.1 Å². The van der Waals surface area contributed by atoms with Crippen LogP contribution in [0.4, 0.5) is 0 Å². The molecule has 1 aromatic rings. The standard InChI is InChI=1S/C18H20N2O3/c1-13(18(22)20-16-4-2-3-5-16)23-17(21)11-10-14-6-8-15(12-19)9-7-14/h6-11,13,16H,2-5H2,1H3,(H,20,22)/b11-10+/t13-/m0/s1. The molecule has 0 bridgehead atoms. The Labute approximate surface area is 135 Å². The molecule has 2 rings (SSSR count). The SMILES string of the molecule is C[C@H](OC(=O)/C=C/c1ccc(C#N)cc1)C(=O)NC1CCCC1. The first-order chi connectivity index (χ1) is 11.1. The maximum Gasteiger partial charge on any atom is 0.331 e. The molecule has 0 aliphatic heterocycles. The first-order valence-corrected chi connectivity index (χ1v) is 7.77. The Kier molecular flexibility index (Phi) is 5.93. The molecule has 1 aromatic carbocycles. The van der Waals surface area contributed by atoms with Crippen molar-refractivity contribution >= 4 is 18.0 Å². The number of nitrogens with one attached hydrogen (secondary N) is 1. The molecule has 5 heteroatoms. The quantitative estimate of drug-likeness (QED) is 0.669.